The molecule has 1 aromatic heterocycles. The van der Waals surface area contributed by atoms with Crippen LogP contribution in [0.5, 0.6) is 5.75 Å². The third-order valence-corrected chi connectivity index (χ3v) is 6.96. The van der Waals surface area contributed by atoms with Crippen LogP contribution in [0.4, 0.5) is 4.39 Å². The first-order valence-corrected chi connectivity index (χ1v) is 11.9. The van der Waals surface area contributed by atoms with Crippen molar-refractivity contribution in [2.24, 2.45) is 0 Å². The van der Waals surface area contributed by atoms with Crippen molar-refractivity contribution in [3.63, 3.8) is 0 Å². The molecule has 2 aromatic carbocycles. The number of hydrogen-bond acceptors (Lipinski definition) is 5. The van der Waals surface area contributed by atoms with Crippen molar-refractivity contribution in [3.8, 4) is 5.75 Å². The Bertz CT molecular complexity index is 1280. The zero-order chi connectivity index (χ0) is 24.6. The van der Waals surface area contributed by atoms with Gasteiger partial charge in [-0.15, -0.1) is 11.3 Å². The smallest absolute Gasteiger partial charge is 0.295 e. The number of methoxy groups -OCH3 is 1. The summed E-state index contributed by atoms with van der Waals surface area (Å²) in [4.78, 5) is 28.6. The molecular weight excluding hydrogens is 453 g/mol. The summed E-state index contributed by atoms with van der Waals surface area (Å²) in [6.07, 6.45) is 0. The molecule has 4 rings (SSSR count). The predicted molar refractivity (Wildman–Crippen MR) is 130 cm³/mol. The van der Waals surface area contributed by atoms with E-state index in [9.17, 15) is 19.1 Å². The lowest BCUT2D eigenvalue weighted by molar-refractivity contribution is -0.140. The molecule has 1 N–H and O–H groups in total. The zero-order valence-electron chi connectivity index (χ0n) is 19.5. The number of carbonyl (C=O) groups excluding carboxylic acids is 2. The Kier molecular flexibility index (Phi) is 6.57. The first-order chi connectivity index (χ1) is 16.2. The van der Waals surface area contributed by atoms with Gasteiger partial charge in [-0.1, -0.05) is 38.1 Å². The third-order valence-electron chi connectivity index (χ3n) is 6.10. The van der Waals surface area contributed by atoms with Crippen molar-refractivity contribution in [3.05, 3.63) is 92.4 Å². The fraction of sp³-hybridized carbons (Fsp3) is 0.259. The van der Waals surface area contributed by atoms with Gasteiger partial charge in [-0.3, -0.25) is 9.59 Å². The number of amides is 1. The normalized spacial score (nSPS) is 17.6. The first-order valence-electron chi connectivity index (χ1n) is 11.0. The van der Waals surface area contributed by atoms with Crippen molar-refractivity contribution in [1.29, 1.82) is 0 Å². The summed E-state index contributed by atoms with van der Waals surface area (Å²) >= 11 is 1.44. The monoisotopic (exact) mass is 479 g/mol. The minimum absolute atomic E-state index is 0.0886. The molecule has 1 fully saturated rings. The van der Waals surface area contributed by atoms with Crippen molar-refractivity contribution < 1.29 is 23.8 Å². The van der Waals surface area contributed by atoms with Crippen LogP contribution in [0.2, 0.25) is 0 Å². The molecule has 7 heteroatoms. The Hall–Kier alpha value is -3.45. The molecule has 176 valence electrons. The highest BCUT2D eigenvalue weighted by Gasteiger charge is 2.47. The molecule has 0 aliphatic carbocycles. The Morgan fingerprint density at radius 1 is 1.18 bits per heavy atom. The van der Waals surface area contributed by atoms with Crippen LogP contribution < -0.4 is 4.74 Å². The summed E-state index contributed by atoms with van der Waals surface area (Å²) in [6, 6.07) is 12.3. The fourth-order valence-electron chi connectivity index (χ4n) is 4.36. The quantitative estimate of drug-likeness (QED) is 0.270. The van der Waals surface area contributed by atoms with E-state index < -0.39 is 23.5 Å². The molecule has 1 atom stereocenters. The first kappa shape index (κ1) is 23.7. The maximum absolute atomic E-state index is 15.0. The van der Waals surface area contributed by atoms with Gasteiger partial charge in [0.2, 0.25) is 0 Å². The lowest BCUT2D eigenvalue weighted by atomic mass is 9.91. The average Bonchev–Trinajstić information content (AvgIpc) is 3.41. The molecule has 34 heavy (non-hydrogen) atoms. The lowest BCUT2D eigenvalue weighted by Crippen LogP contribution is -2.29. The van der Waals surface area contributed by atoms with Crippen LogP contribution in [-0.2, 0) is 16.1 Å². The van der Waals surface area contributed by atoms with Gasteiger partial charge in [-0.05, 0) is 53.6 Å². The molecule has 5 nitrogen and oxygen atoms in total. The highest BCUT2D eigenvalue weighted by molar-refractivity contribution is 7.09. The van der Waals surface area contributed by atoms with E-state index in [1.807, 2.05) is 31.4 Å². The van der Waals surface area contributed by atoms with Crippen LogP contribution in [0.15, 0.2) is 59.5 Å². The minimum atomic E-state index is -1.05. The average molecular weight is 480 g/mol. The molecular formula is C27H26FNO4S. The van der Waals surface area contributed by atoms with Gasteiger partial charge >= 0.3 is 0 Å². The van der Waals surface area contributed by atoms with Gasteiger partial charge in [-0.25, -0.2) is 4.39 Å². The molecule has 1 aliphatic heterocycles. The van der Waals surface area contributed by atoms with Crippen molar-refractivity contribution in [2.45, 2.75) is 39.3 Å². The van der Waals surface area contributed by atoms with Crippen molar-refractivity contribution >= 4 is 28.8 Å². The number of nitrogens with zero attached hydrogens (tertiary/aromatic N) is 1. The molecule has 1 aliphatic rings. The summed E-state index contributed by atoms with van der Waals surface area (Å²) in [6.45, 7) is 5.92. The van der Waals surface area contributed by atoms with Gasteiger partial charge in [-0.2, -0.15) is 0 Å². The number of Topliss-reactive ketones (excluding diaryl/α,β-unsaturated/α-hetero) is 1. The maximum atomic E-state index is 15.0. The number of ketones is 1. The van der Waals surface area contributed by atoms with Gasteiger partial charge in [0.05, 0.1) is 25.3 Å². The number of likely N-dealkylation sites (tertiary alicyclic amines) is 1. The third kappa shape index (κ3) is 4.12. The SMILES string of the molecule is COc1cc(C)c(/C(O)=C2\C(=O)C(=O)N(Cc3cccs3)C2c2ccccc2F)cc1C(C)C. The Labute approximate surface area is 202 Å². The van der Waals surface area contributed by atoms with Gasteiger partial charge < -0.3 is 14.7 Å². The number of hydrogen-bond donors (Lipinski definition) is 1. The number of aliphatic hydroxyl groups excluding tert-OH is 1. The number of ether oxygens (including phenoxy) is 1. The molecule has 0 radical (unpaired) electrons. The van der Waals surface area contributed by atoms with Crippen LogP contribution in [0.1, 0.15) is 52.9 Å². The van der Waals surface area contributed by atoms with E-state index in [-0.39, 0.29) is 29.4 Å². The van der Waals surface area contributed by atoms with E-state index in [1.54, 1.807) is 44.4 Å². The largest absolute Gasteiger partial charge is 0.507 e. The summed E-state index contributed by atoms with van der Waals surface area (Å²) < 4.78 is 20.5. The molecule has 0 spiro atoms. The lowest BCUT2D eigenvalue weighted by Gasteiger charge is -2.25. The number of benzene rings is 2. The molecule has 0 bridgehead atoms. The number of aliphatic hydroxyl groups is 1. The molecule has 1 unspecified atom stereocenters. The van der Waals surface area contributed by atoms with Crippen molar-refractivity contribution in [1.82, 2.24) is 4.90 Å². The minimum Gasteiger partial charge on any atom is -0.507 e. The van der Waals surface area contributed by atoms with E-state index in [2.05, 4.69) is 0 Å². The van der Waals surface area contributed by atoms with Crippen LogP contribution in [0.25, 0.3) is 5.76 Å². The van der Waals surface area contributed by atoms with E-state index >= 15 is 0 Å². The fourth-order valence-corrected chi connectivity index (χ4v) is 5.06. The Morgan fingerprint density at radius 3 is 2.53 bits per heavy atom. The Balaban J connectivity index is 1.94. The highest BCUT2D eigenvalue weighted by atomic mass is 32.1. The number of aryl methyl sites for hydroxylation is 1. The summed E-state index contributed by atoms with van der Waals surface area (Å²) in [5.41, 5.74) is 1.99. The van der Waals surface area contributed by atoms with Gasteiger partial charge in [0.25, 0.3) is 11.7 Å². The second kappa shape index (κ2) is 9.43. The van der Waals surface area contributed by atoms with E-state index in [4.69, 9.17) is 4.74 Å². The van der Waals surface area contributed by atoms with Crippen LogP contribution in [0, 0.1) is 12.7 Å². The van der Waals surface area contributed by atoms with E-state index in [0.717, 1.165) is 10.4 Å². The second-order valence-corrected chi connectivity index (χ2v) is 9.62. The van der Waals surface area contributed by atoms with Gasteiger partial charge in [0.15, 0.2) is 0 Å². The summed E-state index contributed by atoms with van der Waals surface area (Å²) in [5.74, 6) is -1.70. The summed E-state index contributed by atoms with van der Waals surface area (Å²) in [7, 11) is 1.58. The number of rotatable bonds is 6. The van der Waals surface area contributed by atoms with E-state index in [0.29, 0.717) is 16.9 Å². The molecule has 3 aromatic rings. The topological polar surface area (TPSA) is 66.8 Å². The van der Waals surface area contributed by atoms with Crippen LogP contribution >= 0.6 is 11.3 Å². The maximum Gasteiger partial charge on any atom is 0.295 e. The number of halogens is 1. The molecule has 1 amide bonds. The molecule has 0 saturated carbocycles. The Morgan fingerprint density at radius 2 is 1.91 bits per heavy atom. The van der Waals surface area contributed by atoms with Crippen molar-refractivity contribution in [2.75, 3.05) is 7.11 Å². The summed E-state index contributed by atoms with van der Waals surface area (Å²) in [5, 5.41) is 13.3. The van der Waals surface area contributed by atoms with Gasteiger partial charge in [0, 0.05) is 16.0 Å². The van der Waals surface area contributed by atoms with E-state index in [1.165, 1.54) is 22.3 Å². The molecule has 1 saturated heterocycles. The van der Waals surface area contributed by atoms with Crippen LogP contribution in [-0.4, -0.2) is 28.8 Å². The highest BCUT2D eigenvalue weighted by Crippen LogP contribution is 2.42. The van der Waals surface area contributed by atoms with Crippen LogP contribution in [0.3, 0.4) is 0 Å². The second-order valence-electron chi connectivity index (χ2n) is 8.59. The zero-order valence-corrected chi connectivity index (χ0v) is 20.3. The predicted octanol–water partition coefficient (Wildman–Crippen LogP) is 5.95. The molecule has 2 heterocycles. The van der Waals surface area contributed by atoms with Gasteiger partial charge in [0.1, 0.15) is 17.3 Å². The number of carbonyl (C=O) groups is 2. The standard InChI is InChI=1S/C27H26FNO4S/c1-15(2)19-13-20(16(3)12-22(19)33-4)25(30)23-24(18-9-5-6-10-21(18)28)29(27(32)26(23)31)14-17-8-7-11-34-17/h5-13,15,24,30H,14H2,1-4H3/b25-23+. The number of thiophene rings is 1.